The highest BCUT2D eigenvalue weighted by Crippen LogP contribution is 2.34. The summed E-state index contributed by atoms with van der Waals surface area (Å²) in [5.74, 6) is -0.829. The third-order valence-electron chi connectivity index (χ3n) is 4.51. The Morgan fingerprint density at radius 2 is 2.06 bits per heavy atom. The molecule has 3 fully saturated rings. The van der Waals surface area contributed by atoms with E-state index in [2.05, 4.69) is 16.7 Å². The molecule has 102 valence electrons. The SMILES string of the molecule is CC1CC(N2CCOC(C(=O)O)C2)CN1C1CC1. The minimum absolute atomic E-state index is 0.520. The van der Waals surface area contributed by atoms with Crippen LogP contribution in [0.25, 0.3) is 0 Å². The highest BCUT2D eigenvalue weighted by molar-refractivity contribution is 5.72. The second-order valence-corrected chi connectivity index (χ2v) is 5.86. The van der Waals surface area contributed by atoms with E-state index in [1.807, 2.05) is 0 Å². The van der Waals surface area contributed by atoms with Gasteiger partial charge in [0.1, 0.15) is 0 Å². The number of morpholine rings is 1. The molecule has 0 aromatic rings. The van der Waals surface area contributed by atoms with Gasteiger partial charge in [0.15, 0.2) is 6.10 Å². The van der Waals surface area contributed by atoms with Gasteiger partial charge in [0.25, 0.3) is 0 Å². The van der Waals surface area contributed by atoms with Crippen molar-refractivity contribution in [2.45, 2.75) is 50.4 Å². The molecule has 1 saturated carbocycles. The number of hydrogen-bond acceptors (Lipinski definition) is 4. The maximum atomic E-state index is 11.0. The lowest BCUT2D eigenvalue weighted by Gasteiger charge is -2.35. The van der Waals surface area contributed by atoms with Crippen molar-refractivity contribution in [2.75, 3.05) is 26.2 Å². The highest BCUT2D eigenvalue weighted by atomic mass is 16.5. The van der Waals surface area contributed by atoms with Crippen LogP contribution >= 0.6 is 0 Å². The number of carbonyl (C=O) groups is 1. The van der Waals surface area contributed by atoms with Crippen molar-refractivity contribution in [3.8, 4) is 0 Å². The third-order valence-corrected chi connectivity index (χ3v) is 4.51. The topological polar surface area (TPSA) is 53.0 Å². The summed E-state index contributed by atoms with van der Waals surface area (Å²) in [6.07, 6.45) is 3.22. The van der Waals surface area contributed by atoms with E-state index in [4.69, 9.17) is 9.84 Å². The summed E-state index contributed by atoms with van der Waals surface area (Å²) in [5.41, 5.74) is 0. The van der Waals surface area contributed by atoms with E-state index in [0.717, 1.165) is 19.1 Å². The Morgan fingerprint density at radius 3 is 2.72 bits per heavy atom. The third kappa shape index (κ3) is 2.39. The van der Waals surface area contributed by atoms with E-state index < -0.39 is 12.1 Å². The first-order valence-electron chi connectivity index (χ1n) is 6.99. The zero-order valence-electron chi connectivity index (χ0n) is 10.9. The van der Waals surface area contributed by atoms with Crippen molar-refractivity contribution in [1.29, 1.82) is 0 Å². The van der Waals surface area contributed by atoms with Gasteiger partial charge < -0.3 is 9.84 Å². The van der Waals surface area contributed by atoms with Gasteiger partial charge in [0, 0.05) is 37.8 Å². The van der Waals surface area contributed by atoms with Crippen LogP contribution in [0.2, 0.25) is 0 Å². The zero-order chi connectivity index (χ0) is 12.7. The lowest BCUT2D eigenvalue weighted by molar-refractivity contribution is -0.157. The number of aliphatic carboxylic acids is 1. The molecule has 0 aromatic carbocycles. The predicted octanol–water partition coefficient (Wildman–Crippen LogP) is 0.397. The monoisotopic (exact) mass is 254 g/mol. The number of carboxylic acid groups (broad SMARTS) is 1. The summed E-state index contributed by atoms with van der Waals surface area (Å²) in [4.78, 5) is 15.9. The van der Waals surface area contributed by atoms with Crippen LogP contribution in [0.15, 0.2) is 0 Å². The Bertz CT molecular complexity index is 332. The van der Waals surface area contributed by atoms with Crippen molar-refractivity contribution < 1.29 is 14.6 Å². The molecule has 2 heterocycles. The minimum atomic E-state index is -0.829. The van der Waals surface area contributed by atoms with Gasteiger partial charge in [-0.15, -0.1) is 0 Å². The molecule has 2 saturated heterocycles. The average Bonchev–Trinajstić information content (AvgIpc) is 3.13. The predicted molar refractivity (Wildman–Crippen MR) is 66.5 cm³/mol. The van der Waals surface area contributed by atoms with E-state index in [-0.39, 0.29) is 0 Å². The van der Waals surface area contributed by atoms with Gasteiger partial charge in [-0.1, -0.05) is 0 Å². The Labute approximate surface area is 108 Å². The Balaban J connectivity index is 1.59. The van der Waals surface area contributed by atoms with Crippen molar-refractivity contribution in [3.63, 3.8) is 0 Å². The molecule has 2 aliphatic heterocycles. The summed E-state index contributed by atoms with van der Waals surface area (Å²) in [6.45, 7) is 5.38. The molecule has 18 heavy (non-hydrogen) atoms. The van der Waals surface area contributed by atoms with E-state index in [0.29, 0.717) is 25.2 Å². The zero-order valence-corrected chi connectivity index (χ0v) is 10.9. The average molecular weight is 254 g/mol. The molecule has 1 N–H and O–H groups in total. The van der Waals surface area contributed by atoms with Crippen molar-refractivity contribution in [1.82, 2.24) is 9.80 Å². The fourth-order valence-electron chi connectivity index (χ4n) is 3.36. The van der Waals surface area contributed by atoms with Gasteiger partial charge in [0.2, 0.25) is 0 Å². The normalized spacial score (nSPS) is 39.1. The standard InChI is InChI=1S/C13H22N2O3/c1-9-6-11(7-15(9)10-2-3-10)14-4-5-18-12(8-14)13(16)17/h9-12H,2-8H2,1H3,(H,16,17). The Morgan fingerprint density at radius 1 is 1.28 bits per heavy atom. The first-order valence-corrected chi connectivity index (χ1v) is 6.99. The number of likely N-dealkylation sites (tertiary alicyclic amines) is 1. The molecule has 5 heteroatoms. The van der Waals surface area contributed by atoms with Gasteiger partial charge in [-0.3, -0.25) is 9.80 Å². The van der Waals surface area contributed by atoms with E-state index in [9.17, 15) is 4.79 Å². The molecule has 0 radical (unpaired) electrons. The summed E-state index contributed by atoms with van der Waals surface area (Å²) in [5, 5.41) is 9.04. The first-order chi connectivity index (χ1) is 8.65. The van der Waals surface area contributed by atoms with Crippen LogP contribution in [0.5, 0.6) is 0 Å². The molecule has 3 atom stereocenters. The summed E-state index contributed by atoms with van der Waals surface area (Å²) in [6, 6.07) is 1.97. The van der Waals surface area contributed by atoms with E-state index in [1.165, 1.54) is 19.3 Å². The summed E-state index contributed by atoms with van der Waals surface area (Å²) in [7, 11) is 0. The molecule has 0 bridgehead atoms. The molecule has 3 rings (SSSR count). The van der Waals surface area contributed by atoms with Gasteiger partial charge in [0.05, 0.1) is 6.61 Å². The lowest BCUT2D eigenvalue weighted by Crippen LogP contribution is -2.51. The van der Waals surface area contributed by atoms with Crippen LogP contribution in [-0.4, -0.2) is 71.3 Å². The lowest BCUT2D eigenvalue weighted by atomic mass is 10.1. The number of hydrogen-bond donors (Lipinski definition) is 1. The van der Waals surface area contributed by atoms with Gasteiger partial charge >= 0.3 is 5.97 Å². The fraction of sp³-hybridized carbons (Fsp3) is 0.923. The number of ether oxygens (including phenoxy) is 1. The second-order valence-electron chi connectivity index (χ2n) is 5.86. The van der Waals surface area contributed by atoms with Crippen LogP contribution < -0.4 is 0 Å². The molecular formula is C13H22N2O3. The minimum Gasteiger partial charge on any atom is -0.479 e. The Hall–Kier alpha value is -0.650. The van der Waals surface area contributed by atoms with Crippen molar-refractivity contribution >= 4 is 5.97 Å². The largest absolute Gasteiger partial charge is 0.479 e. The van der Waals surface area contributed by atoms with E-state index in [1.54, 1.807) is 0 Å². The number of nitrogens with zero attached hydrogens (tertiary/aromatic N) is 2. The van der Waals surface area contributed by atoms with Gasteiger partial charge in [-0.2, -0.15) is 0 Å². The summed E-state index contributed by atoms with van der Waals surface area (Å²) >= 11 is 0. The van der Waals surface area contributed by atoms with Gasteiger partial charge in [-0.25, -0.2) is 4.79 Å². The molecule has 3 aliphatic rings. The highest BCUT2D eigenvalue weighted by Gasteiger charge is 2.42. The number of rotatable bonds is 3. The van der Waals surface area contributed by atoms with Crippen molar-refractivity contribution in [3.05, 3.63) is 0 Å². The Kier molecular flexibility index (Phi) is 3.30. The molecule has 0 aromatic heterocycles. The molecular weight excluding hydrogens is 232 g/mol. The van der Waals surface area contributed by atoms with E-state index >= 15 is 0 Å². The molecule has 3 unspecified atom stereocenters. The van der Waals surface area contributed by atoms with Crippen LogP contribution in [0.4, 0.5) is 0 Å². The summed E-state index contributed by atoms with van der Waals surface area (Å²) < 4.78 is 5.29. The maximum Gasteiger partial charge on any atom is 0.334 e. The first kappa shape index (κ1) is 12.4. The second kappa shape index (κ2) is 4.79. The van der Waals surface area contributed by atoms with Crippen LogP contribution in [-0.2, 0) is 9.53 Å². The number of carboxylic acids is 1. The molecule has 1 aliphatic carbocycles. The maximum absolute atomic E-state index is 11.0. The van der Waals surface area contributed by atoms with Gasteiger partial charge in [-0.05, 0) is 26.2 Å². The molecule has 0 spiro atoms. The van der Waals surface area contributed by atoms with Crippen molar-refractivity contribution in [2.24, 2.45) is 0 Å². The smallest absolute Gasteiger partial charge is 0.334 e. The van der Waals surface area contributed by atoms with Crippen LogP contribution in [0.1, 0.15) is 26.2 Å². The molecule has 0 amide bonds. The fourth-order valence-corrected chi connectivity index (χ4v) is 3.36. The van der Waals surface area contributed by atoms with Crippen LogP contribution in [0, 0.1) is 0 Å². The molecule has 5 nitrogen and oxygen atoms in total. The van der Waals surface area contributed by atoms with Crippen LogP contribution in [0.3, 0.4) is 0 Å². The quantitative estimate of drug-likeness (QED) is 0.790.